The topological polar surface area (TPSA) is 15.3 Å². The van der Waals surface area contributed by atoms with E-state index in [1.165, 1.54) is 0 Å². The summed E-state index contributed by atoms with van der Waals surface area (Å²) in [5.41, 5.74) is 0. The van der Waals surface area contributed by atoms with E-state index in [2.05, 4.69) is 19.2 Å². The summed E-state index contributed by atoms with van der Waals surface area (Å²) < 4.78 is 11.9. The number of likely N-dealkylation sites (N-methyl/N-ethyl adjacent to an activating group) is 1. The molecule has 0 amide bonds. The van der Waals surface area contributed by atoms with Crippen LogP contribution in [0, 0.1) is 5.92 Å². The van der Waals surface area contributed by atoms with Crippen molar-refractivity contribution in [2.24, 2.45) is 5.92 Å². The Hall–Kier alpha value is -0.150. The predicted molar refractivity (Wildman–Crippen MR) is 46.3 cm³/mol. The summed E-state index contributed by atoms with van der Waals surface area (Å²) in [5, 5.41) is 3.24. The van der Waals surface area contributed by atoms with Crippen LogP contribution >= 0.6 is 0 Å². The number of hydrogen-bond donors (Lipinski definition) is 1. The van der Waals surface area contributed by atoms with Crippen LogP contribution in [0.1, 0.15) is 13.8 Å². The van der Waals surface area contributed by atoms with Gasteiger partial charge in [-0.15, -0.1) is 0 Å². The maximum absolute atomic E-state index is 11.9. The van der Waals surface area contributed by atoms with Crippen molar-refractivity contribution >= 4 is 0 Å². The van der Waals surface area contributed by atoms with E-state index >= 15 is 0 Å². The highest BCUT2D eigenvalue weighted by molar-refractivity contribution is 4.53. The molecular formula is C8H19FN2. The van der Waals surface area contributed by atoms with Crippen molar-refractivity contribution < 1.29 is 4.39 Å². The summed E-state index contributed by atoms with van der Waals surface area (Å²) in [6.07, 6.45) is 0. The molecule has 68 valence electrons. The Kier molecular flexibility index (Phi) is 6.46. The summed E-state index contributed by atoms with van der Waals surface area (Å²) in [7, 11) is 1.77. The Morgan fingerprint density at radius 2 is 2.09 bits per heavy atom. The second kappa shape index (κ2) is 6.55. The van der Waals surface area contributed by atoms with Gasteiger partial charge in [0.2, 0.25) is 0 Å². The highest BCUT2D eigenvalue weighted by atomic mass is 19.1. The first-order valence-electron chi connectivity index (χ1n) is 4.12. The van der Waals surface area contributed by atoms with E-state index in [1.54, 1.807) is 11.9 Å². The van der Waals surface area contributed by atoms with Gasteiger partial charge in [-0.05, 0) is 19.5 Å². The quantitative estimate of drug-likeness (QED) is 0.464. The van der Waals surface area contributed by atoms with Crippen molar-refractivity contribution in [3.05, 3.63) is 0 Å². The van der Waals surface area contributed by atoms with Crippen molar-refractivity contribution in [2.45, 2.75) is 13.8 Å². The summed E-state index contributed by atoms with van der Waals surface area (Å²) in [4.78, 5) is 1.65. The Bertz CT molecular complexity index is 86.2. The lowest BCUT2D eigenvalue weighted by molar-refractivity contribution is 0.224. The third-order valence-corrected chi connectivity index (χ3v) is 1.43. The molecule has 0 aliphatic heterocycles. The molecule has 0 radical (unpaired) electrons. The smallest absolute Gasteiger partial charge is 0.142 e. The molecule has 3 heteroatoms. The van der Waals surface area contributed by atoms with Gasteiger partial charge < -0.3 is 5.32 Å². The molecule has 0 aliphatic rings. The van der Waals surface area contributed by atoms with E-state index in [-0.39, 0.29) is 6.80 Å². The van der Waals surface area contributed by atoms with Gasteiger partial charge in [-0.1, -0.05) is 13.8 Å². The largest absolute Gasteiger partial charge is 0.315 e. The molecule has 0 atom stereocenters. The molecule has 0 aliphatic carbocycles. The maximum atomic E-state index is 11.9. The molecule has 0 saturated heterocycles. The van der Waals surface area contributed by atoms with Crippen LogP contribution in [0.5, 0.6) is 0 Å². The molecule has 0 heterocycles. The van der Waals surface area contributed by atoms with Gasteiger partial charge in [0.05, 0.1) is 0 Å². The average molecular weight is 162 g/mol. The van der Waals surface area contributed by atoms with E-state index in [1.807, 2.05) is 0 Å². The van der Waals surface area contributed by atoms with Crippen molar-refractivity contribution in [2.75, 3.05) is 33.5 Å². The van der Waals surface area contributed by atoms with Gasteiger partial charge in [-0.3, -0.25) is 4.90 Å². The number of halogens is 1. The third kappa shape index (κ3) is 7.75. The first-order valence-corrected chi connectivity index (χ1v) is 4.12. The minimum Gasteiger partial charge on any atom is -0.315 e. The van der Waals surface area contributed by atoms with E-state index in [0.29, 0.717) is 5.92 Å². The van der Waals surface area contributed by atoms with Gasteiger partial charge in [-0.25, -0.2) is 4.39 Å². The normalized spacial score (nSPS) is 11.5. The van der Waals surface area contributed by atoms with E-state index < -0.39 is 0 Å². The Morgan fingerprint density at radius 3 is 2.55 bits per heavy atom. The van der Waals surface area contributed by atoms with E-state index in [9.17, 15) is 4.39 Å². The second-order valence-electron chi connectivity index (χ2n) is 3.30. The van der Waals surface area contributed by atoms with Crippen LogP contribution in [0.15, 0.2) is 0 Å². The lowest BCUT2D eigenvalue weighted by Crippen LogP contribution is -2.30. The summed E-state index contributed by atoms with van der Waals surface area (Å²) in [6.45, 7) is 6.63. The van der Waals surface area contributed by atoms with Crippen LogP contribution in [0.2, 0.25) is 0 Å². The van der Waals surface area contributed by atoms with Crippen LogP contribution in [-0.2, 0) is 0 Å². The van der Waals surface area contributed by atoms with Gasteiger partial charge in [0.25, 0.3) is 0 Å². The van der Waals surface area contributed by atoms with Crippen LogP contribution in [0.25, 0.3) is 0 Å². The van der Waals surface area contributed by atoms with Gasteiger partial charge in [0.15, 0.2) is 0 Å². The van der Waals surface area contributed by atoms with Gasteiger partial charge in [0, 0.05) is 13.1 Å². The van der Waals surface area contributed by atoms with Crippen molar-refractivity contribution in [3.8, 4) is 0 Å². The molecule has 2 nitrogen and oxygen atoms in total. The number of hydrogen-bond acceptors (Lipinski definition) is 2. The van der Waals surface area contributed by atoms with E-state index in [4.69, 9.17) is 0 Å². The monoisotopic (exact) mass is 162 g/mol. The minimum absolute atomic E-state index is 0.358. The minimum atomic E-state index is -0.358. The molecule has 0 aromatic heterocycles. The zero-order valence-corrected chi connectivity index (χ0v) is 7.73. The molecule has 0 spiro atoms. The SMILES string of the molecule is CC(C)CNCCN(C)CF. The van der Waals surface area contributed by atoms with Crippen LogP contribution in [-0.4, -0.2) is 38.4 Å². The Balaban J connectivity index is 3.01. The molecule has 0 aromatic carbocycles. The molecule has 11 heavy (non-hydrogen) atoms. The van der Waals surface area contributed by atoms with Crippen LogP contribution < -0.4 is 5.32 Å². The van der Waals surface area contributed by atoms with Gasteiger partial charge in [0.1, 0.15) is 6.80 Å². The lowest BCUT2D eigenvalue weighted by Gasteiger charge is -2.12. The second-order valence-corrected chi connectivity index (χ2v) is 3.30. The van der Waals surface area contributed by atoms with Crippen LogP contribution in [0.4, 0.5) is 4.39 Å². The third-order valence-electron chi connectivity index (χ3n) is 1.43. The zero-order valence-electron chi connectivity index (χ0n) is 7.73. The standard InChI is InChI=1S/C8H19FN2/c1-8(2)6-10-4-5-11(3)7-9/h8,10H,4-7H2,1-3H3. The first-order chi connectivity index (χ1) is 5.16. The average Bonchev–Trinajstić information content (AvgIpc) is 1.97. The number of nitrogens with one attached hydrogen (secondary N) is 1. The Morgan fingerprint density at radius 1 is 1.45 bits per heavy atom. The molecule has 1 N–H and O–H groups in total. The summed E-state index contributed by atoms with van der Waals surface area (Å²) in [5.74, 6) is 0.672. The van der Waals surface area contributed by atoms with Crippen molar-refractivity contribution in [3.63, 3.8) is 0 Å². The van der Waals surface area contributed by atoms with Crippen LogP contribution in [0.3, 0.4) is 0 Å². The van der Waals surface area contributed by atoms with Gasteiger partial charge >= 0.3 is 0 Å². The lowest BCUT2D eigenvalue weighted by atomic mass is 10.2. The number of rotatable bonds is 6. The van der Waals surface area contributed by atoms with Gasteiger partial charge in [-0.2, -0.15) is 0 Å². The maximum Gasteiger partial charge on any atom is 0.142 e. The summed E-state index contributed by atoms with van der Waals surface area (Å²) >= 11 is 0. The Labute approximate surface area is 68.8 Å². The zero-order chi connectivity index (χ0) is 8.69. The van der Waals surface area contributed by atoms with Crippen molar-refractivity contribution in [1.82, 2.24) is 10.2 Å². The molecule has 0 rings (SSSR count). The fourth-order valence-electron chi connectivity index (χ4n) is 0.720. The first kappa shape index (κ1) is 10.8. The highest BCUT2D eigenvalue weighted by Gasteiger charge is 1.95. The fourth-order valence-corrected chi connectivity index (χ4v) is 0.720. The number of nitrogens with zero attached hydrogens (tertiary/aromatic N) is 1. The van der Waals surface area contributed by atoms with E-state index in [0.717, 1.165) is 19.6 Å². The highest BCUT2D eigenvalue weighted by Crippen LogP contribution is 1.86. The molecule has 0 saturated carbocycles. The predicted octanol–water partition coefficient (Wildman–Crippen LogP) is 1.09. The fraction of sp³-hybridized carbons (Fsp3) is 1.00. The molecule has 0 unspecified atom stereocenters. The molecule has 0 fully saturated rings. The molecule has 0 bridgehead atoms. The van der Waals surface area contributed by atoms with Crippen molar-refractivity contribution in [1.29, 1.82) is 0 Å². The number of alkyl halides is 1. The molecular weight excluding hydrogens is 143 g/mol. The molecule has 0 aromatic rings. The summed E-state index contributed by atoms with van der Waals surface area (Å²) in [6, 6.07) is 0.